The summed E-state index contributed by atoms with van der Waals surface area (Å²) in [7, 11) is 0. The molecule has 2 aromatic rings. The standard InChI is InChI=1S/C28H29NO6/c29-16-6-2-5-9-22(30)14-15-23-24(17-27(32)33)25(31)18-26(23)35-28(34)21-12-10-20(11-13-21)19-7-3-1-4-8-19/h1,3-4,7-8,10-15,23-26,31H,2,5-6,9,17-18H2,(H,32,33). The number of hydrogen-bond acceptors (Lipinski definition) is 6. The fraction of sp³-hybridized carbons (Fsp3) is 0.357. The third-order valence-electron chi connectivity index (χ3n) is 6.25. The molecule has 0 radical (unpaired) electrons. The fourth-order valence-electron chi connectivity index (χ4n) is 4.41. The number of carbonyl (C=O) groups is 3. The summed E-state index contributed by atoms with van der Waals surface area (Å²) in [6, 6.07) is 18.7. The third kappa shape index (κ3) is 7.36. The van der Waals surface area contributed by atoms with Crippen molar-refractivity contribution in [2.24, 2.45) is 11.8 Å². The molecule has 2 N–H and O–H groups in total. The van der Waals surface area contributed by atoms with E-state index in [0.717, 1.165) is 11.1 Å². The molecule has 1 fully saturated rings. The van der Waals surface area contributed by atoms with Crippen LogP contribution in [0.5, 0.6) is 0 Å². The predicted octanol–water partition coefficient (Wildman–Crippen LogP) is 4.56. The Morgan fingerprint density at radius 1 is 1.03 bits per heavy atom. The van der Waals surface area contributed by atoms with Crippen molar-refractivity contribution in [2.45, 2.75) is 50.7 Å². The summed E-state index contributed by atoms with van der Waals surface area (Å²) < 4.78 is 5.69. The molecule has 182 valence electrons. The number of rotatable bonds is 11. The number of ether oxygens (including phenoxy) is 1. The molecular formula is C28H29NO6. The molecule has 0 heterocycles. The van der Waals surface area contributed by atoms with Gasteiger partial charge < -0.3 is 14.9 Å². The van der Waals surface area contributed by atoms with Crippen molar-refractivity contribution in [3.05, 3.63) is 72.3 Å². The molecular weight excluding hydrogens is 446 g/mol. The van der Waals surface area contributed by atoms with Gasteiger partial charge in [-0.25, -0.2) is 4.79 Å². The van der Waals surface area contributed by atoms with Crippen molar-refractivity contribution in [1.82, 2.24) is 0 Å². The molecule has 0 aliphatic heterocycles. The number of carboxylic acid groups (broad SMARTS) is 1. The van der Waals surface area contributed by atoms with E-state index in [4.69, 9.17) is 10.00 Å². The highest BCUT2D eigenvalue weighted by molar-refractivity contribution is 5.90. The molecule has 35 heavy (non-hydrogen) atoms. The lowest BCUT2D eigenvalue weighted by Crippen LogP contribution is -2.26. The minimum Gasteiger partial charge on any atom is -0.481 e. The maximum absolute atomic E-state index is 12.8. The van der Waals surface area contributed by atoms with Gasteiger partial charge in [-0.2, -0.15) is 5.26 Å². The van der Waals surface area contributed by atoms with Crippen molar-refractivity contribution in [3.8, 4) is 17.2 Å². The molecule has 2 aromatic carbocycles. The quantitative estimate of drug-likeness (QED) is 0.277. The minimum absolute atomic E-state index is 0.0944. The number of nitriles is 1. The van der Waals surface area contributed by atoms with Crippen molar-refractivity contribution < 1.29 is 29.3 Å². The number of carbonyl (C=O) groups excluding carboxylic acids is 2. The van der Waals surface area contributed by atoms with Crippen molar-refractivity contribution >= 4 is 17.7 Å². The number of hydrogen-bond donors (Lipinski definition) is 2. The van der Waals surface area contributed by atoms with Crippen LogP contribution in [0, 0.1) is 23.2 Å². The van der Waals surface area contributed by atoms with Gasteiger partial charge in [0.2, 0.25) is 0 Å². The summed E-state index contributed by atoms with van der Waals surface area (Å²) in [5.41, 5.74) is 2.32. The smallest absolute Gasteiger partial charge is 0.338 e. The van der Waals surface area contributed by atoms with Crippen LogP contribution in [0.25, 0.3) is 11.1 Å². The van der Waals surface area contributed by atoms with Crippen molar-refractivity contribution in [2.75, 3.05) is 0 Å². The summed E-state index contributed by atoms with van der Waals surface area (Å²) in [6.07, 6.45) is 2.88. The van der Waals surface area contributed by atoms with Crippen LogP contribution in [0.4, 0.5) is 0 Å². The average molecular weight is 476 g/mol. The monoisotopic (exact) mass is 475 g/mol. The van der Waals surface area contributed by atoms with E-state index in [-0.39, 0.29) is 25.0 Å². The van der Waals surface area contributed by atoms with Crippen molar-refractivity contribution in [1.29, 1.82) is 5.26 Å². The lowest BCUT2D eigenvalue weighted by molar-refractivity contribution is -0.139. The Labute approximate surface area is 204 Å². The molecule has 7 nitrogen and oxygen atoms in total. The second kappa shape index (κ2) is 12.6. The number of esters is 1. The molecule has 0 spiro atoms. The number of benzene rings is 2. The number of nitrogens with zero attached hydrogens (tertiary/aromatic N) is 1. The highest BCUT2D eigenvalue weighted by Crippen LogP contribution is 2.38. The van der Waals surface area contributed by atoms with Crippen LogP contribution in [0.2, 0.25) is 0 Å². The van der Waals surface area contributed by atoms with Gasteiger partial charge in [0.25, 0.3) is 0 Å². The van der Waals surface area contributed by atoms with Gasteiger partial charge in [0.05, 0.1) is 24.2 Å². The number of allylic oxidation sites excluding steroid dienone is 1. The molecule has 0 amide bonds. The van der Waals surface area contributed by atoms with E-state index >= 15 is 0 Å². The summed E-state index contributed by atoms with van der Waals surface area (Å²) in [5.74, 6) is -3.07. The maximum Gasteiger partial charge on any atom is 0.338 e. The van der Waals surface area contributed by atoms with E-state index in [1.54, 1.807) is 18.2 Å². The largest absolute Gasteiger partial charge is 0.481 e. The van der Waals surface area contributed by atoms with Gasteiger partial charge in [-0.3, -0.25) is 9.59 Å². The number of carboxylic acids is 1. The van der Waals surface area contributed by atoms with E-state index in [9.17, 15) is 24.6 Å². The Balaban J connectivity index is 1.70. The van der Waals surface area contributed by atoms with Crippen LogP contribution in [0.15, 0.2) is 66.7 Å². The van der Waals surface area contributed by atoms with Crippen LogP contribution < -0.4 is 0 Å². The first-order chi connectivity index (χ1) is 16.9. The topological polar surface area (TPSA) is 125 Å². The van der Waals surface area contributed by atoms with Gasteiger partial charge in [0, 0.05) is 31.1 Å². The predicted molar refractivity (Wildman–Crippen MR) is 129 cm³/mol. The van der Waals surface area contributed by atoms with E-state index in [2.05, 4.69) is 0 Å². The van der Waals surface area contributed by atoms with Crippen LogP contribution in [-0.4, -0.2) is 40.1 Å². The molecule has 0 bridgehead atoms. The van der Waals surface area contributed by atoms with Gasteiger partial charge >= 0.3 is 11.9 Å². The number of aliphatic carboxylic acids is 1. The maximum atomic E-state index is 12.8. The van der Waals surface area contributed by atoms with Gasteiger partial charge in [-0.05, 0) is 42.2 Å². The van der Waals surface area contributed by atoms with Gasteiger partial charge in [-0.15, -0.1) is 0 Å². The van der Waals surface area contributed by atoms with Gasteiger partial charge in [0.15, 0.2) is 5.78 Å². The van der Waals surface area contributed by atoms with E-state index < -0.39 is 36.0 Å². The minimum atomic E-state index is -1.07. The summed E-state index contributed by atoms with van der Waals surface area (Å²) in [4.78, 5) is 36.4. The van der Waals surface area contributed by atoms with Gasteiger partial charge in [-0.1, -0.05) is 48.5 Å². The zero-order chi connectivity index (χ0) is 25.2. The zero-order valence-corrected chi connectivity index (χ0v) is 19.4. The van der Waals surface area contributed by atoms with Gasteiger partial charge in [0.1, 0.15) is 6.10 Å². The number of aliphatic hydroxyl groups is 1. The van der Waals surface area contributed by atoms with Crippen LogP contribution >= 0.6 is 0 Å². The van der Waals surface area contributed by atoms with Crippen molar-refractivity contribution in [3.63, 3.8) is 0 Å². The molecule has 1 saturated carbocycles. The molecule has 7 heteroatoms. The first kappa shape index (κ1) is 25.9. The zero-order valence-electron chi connectivity index (χ0n) is 19.4. The second-order valence-corrected chi connectivity index (χ2v) is 8.72. The number of aliphatic hydroxyl groups excluding tert-OH is 1. The molecule has 3 rings (SSSR count). The van der Waals surface area contributed by atoms with Crippen LogP contribution in [0.3, 0.4) is 0 Å². The third-order valence-corrected chi connectivity index (χ3v) is 6.25. The molecule has 0 saturated heterocycles. The summed E-state index contributed by atoms with van der Waals surface area (Å²) >= 11 is 0. The number of unbranched alkanes of at least 4 members (excludes halogenated alkanes) is 2. The normalized spacial score (nSPS) is 21.5. The Hall–Kier alpha value is -3.76. The highest BCUT2D eigenvalue weighted by Gasteiger charge is 2.44. The van der Waals surface area contributed by atoms with E-state index in [0.29, 0.717) is 24.8 Å². The Morgan fingerprint density at radius 2 is 1.71 bits per heavy atom. The average Bonchev–Trinajstić information content (AvgIpc) is 3.14. The summed E-state index contributed by atoms with van der Waals surface area (Å²) in [6.45, 7) is 0. The molecule has 4 unspecified atom stereocenters. The first-order valence-electron chi connectivity index (χ1n) is 11.7. The molecule has 0 aromatic heterocycles. The lowest BCUT2D eigenvalue weighted by Gasteiger charge is -2.21. The Kier molecular flexibility index (Phi) is 9.33. The lowest BCUT2D eigenvalue weighted by atomic mass is 9.90. The fourth-order valence-corrected chi connectivity index (χ4v) is 4.41. The van der Waals surface area contributed by atoms with E-state index in [1.807, 2.05) is 48.5 Å². The second-order valence-electron chi connectivity index (χ2n) is 8.72. The summed E-state index contributed by atoms with van der Waals surface area (Å²) in [5, 5.41) is 28.4. The Morgan fingerprint density at radius 3 is 2.37 bits per heavy atom. The Bertz CT molecular complexity index is 1090. The van der Waals surface area contributed by atoms with Crippen LogP contribution in [-0.2, 0) is 14.3 Å². The number of ketones is 1. The molecule has 1 aliphatic rings. The molecule has 1 aliphatic carbocycles. The van der Waals surface area contributed by atoms with E-state index in [1.165, 1.54) is 6.08 Å². The first-order valence-corrected chi connectivity index (χ1v) is 11.7. The highest BCUT2D eigenvalue weighted by atomic mass is 16.5. The van der Waals surface area contributed by atoms with Crippen LogP contribution in [0.1, 0.15) is 48.9 Å². The SMILES string of the molecule is N#CCCCCC(=O)C=CC1C(OC(=O)c2ccc(-c3ccccc3)cc2)CC(O)C1CC(=O)O. The molecule has 4 atom stereocenters.